The molecular weight excluding hydrogens is 218 g/mol. The molecule has 0 saturated carbocycles. The molecular formula is C13H27NO3. The third kappa shape index (κ3) is 6.36. The molecule has 17 heavy (non-hydrogen) atoms. The average molecular weight is 245 g/mol. The molecule has 2 atom stereocenters. The van der Waals surface area contributed by atoms with Gasteiger partial charge < -0.3 is 19.5 Å². The molecule has 1 heterocycles. The third-order valence-electron chi connectivity index (χ3n) is 3.00. The van der Waals surface area contributed by atoms with Crippen molar-refractivity contribution in [2.45, 2.75) is 58.5 Å². The van der Waals surface area contributed by atoms with Crippen LogP contribution in [0.15, 0.2) is 0 Å². The summed E-state index contributed by atoms with van der Waals surface area (Å²) in [5.41, 5.74) is 0. The van der Waals surface area contributed by atoms with E-state index >= 15 is 0 Å². The Morgan fingerprint density at radius 1 is 1.29 bits per heavy atom. The van der Waals surface area contributed by atoms with E-state index in [9.17, 15) is 0 Å². The van der Waals surface area contributed by atoms with Crippen molar-refractivity contribution in [1.82, 2.24) is 5.32 Å². The highest BCUT2D eigenvalue weighted by atomic mass is 16.7. The standard InChI is InChI=1S/C13H27NO3/c1-4-15-13(16-5-2)6-8-14-12-7-9-17-11(3)10-12/h11-14H,4-10H2,1-3H3. The molecule has 1 fully saturated rings. The summed E-state index contributed by atoms with van der Waals surface area (Å²) < 4.78 is 16.5. The fourth-order valence-electron chi connectivity index (χ4n) is 2.18. The Morgan fingerprint density at radius 3 is 2.59 bits per heavy atom. The second-order valence-electron chi connectivity index (χ2n) is 4.49. The predicted molar refractivity (Wildman–Crippen MR) is 68.1 cm³/mol. The molecule has 0 amide bonds. The van der Waals surface area contributed by atoms with E-state index in [2.05, 4.69) is 12.2 Å². The van der Waals surface area contributed by atoms with Gasteiger partial charge in [0.25, 0.3) is 0 Å². The molecule has 1 aliphatic heterocycles. The van der Waals surface area contributed by atoms with Crippen molar-refractivity contribution in [3.63, 3.8) is 0 Å². The normalized spacial score (nSPS) is 25.4. The second-order valence-corrected chi connectivity index (χ2v) is 4.49. The lowest BCUT2D eigenvalue weighted by atomic mass is 10.0. The van der Waals surface area contributed by atoms with Gasteiger partial charge in [0.15, 0.2) is 6.29 Å². The summed E-state index contributed by atoms with van der Waals surface area (Å²) in [4.78, 5) is 0. The summed E-state index contributed by atoms with van der Waals surface area (Å²) >= 11 is 0. The summed E-state index contributed by atoms with van der Waals surface area (Å²) in [6.45, 7) is 9.37. The zero-order chi connectivity index (χ0) is 12.5. The van der Waals surface area contributed by atoms with Gasteiger partial charge in [-0.05, 0) is 33.6 Å². The van der Waals surface area contributed by atoms with Gasteiger partial charge in [-0.25, -0.2) is 0 Å². The van der Waals surface area contributed by atoms with E-state index in [0.717, 1.165) is 32.4 Å². The Kier molecular flexibility index (Phi) is 7.77. The minimum absolute atomic E-state index is 0.0604. The minimum Gasteiger partial charge on any atom is -0.378 e. The van der Waals surface area contributed by atoms with Crippen molar-refractivity contribution in [2.75, 3.05) is 26.4 Å². The van der Waals surface area contributed by atoms with Gasteiger partial charge in [0, 0.05) is 38.8 Å². The molecule has 0 spiro atoms. The first-order valence-electron chi connectivity index (χ1n) is 6.84. The fourth-order valence-corrected chi connectivity index (χ4v) is 2.18. The molecule has 0 aromatic rings. The molecule has 4 nitrogen and oxygen atoms in total. The van der Waals surface area contributed by atoms with E-state index < -0.39 is 0 Å². The summed E-state index contributed by atoms with van der Waals surface area (Å²) in [5, 5.41) is 3.56. The molecule has 1 aliphatic rings. The summed E-state index contributed by atoms with van der Waals surface area (Å²) in [5.74, 6) is 0. The van der Waals surface area contributed by atoms with Crippen molar-refractivity contribution in [3.8, 4) is 0 Å². The van der Waals surface area contributed by atoms with Gasteiger partial charge in [-0.1, -0.05) is 0 Å². The van der Waals surface area contributed by atoms with Crippen LogP contribution in [0.2, 0.25) is 0 Å². The molecule has 0 bridgehead atoms. The topological polar surface area (TPSA) is 39.7 Å². The molecule has 0 aliphatic carbocycles. The van der Waals surface area contributed by atoms with Gasteiger partial charge >= 0.3 is 0 Å². The molecule has 0 aromatic heterocycles. The lowest BCUT2D eigenvalue weighted by Crippen LogP contribution is -2.39. The van der Waals surface area contributed by atoms with Crippen LogP contribution in [0, 0.1) is 0 Å². The molecule has 2 unspecified atom stereocenters. The van der Waals surface area contributed by atoms with E-state index in [-0.39, 0.29) is 6.29 Å². The molecule has 4 heteroatoms. The van der Waals surface area contributed by atoms with Gasteiger partial charge in [0.2, 0.25) is 0 Å². The first-order chi connectivity index (χ1) is 8.26. The Balaban J connectivity index is 2.11. The van der Waals surface area contributed by atoms with Crippen LogP contribution in [-0.2, 0) is 14.2 Å². The van der Waals surface area contributed by atoms with E-state index in [1.54, 1.807) is 0 Å². The van der Waals surface area contributed by atoms with Crippen LogP contribution < -0.4 is 5.32 Å². The molecule has 1 N–H and O–H groups in total. The van der Waals surface area contributed by atoms with Crippen LogP contribution in [0.4, 0.5) is 0 Å². The van der Waals surface area contributed by atoms with Gasteiger partial charge in [-0.15, -0.1) is 0 Å². The van der Waals surface area contributed by atoms with Gasteiger partial charge in [-0.2, -0.15) is 0 Å². The van der Waals surface area contributed by atoms with E-state index in [0.29, 0.717) is 25.4 Å². The monoisotopic (exact) mass is 245 g/mol. The maximum Gasteiger partial charge on any atom is 0.158 e. The van der Waals surface area contributed by atoms with Crippen LogP contribution in [0.3, 0.4) is 0 Å². The smallest absolute Gasteiger partial charge is 0.158 e. The van der Waals surface area contributed by atoms with E-state index in [1.807, 2.05) is 13.8 Å². The number of nitrogens with one attached hydrogen (secondary N) is 1. The highest BCUT2D eigenvalue weighted by Crippen LogP contribution is 2.13. The zero-order valence-corrected chi connectivity index (χ0v) is 11.4. The molecule has 102 valence electrons. The van der Waals surface area contributed by atoms with Crippen LogP contribution >= 0.6 is 0 Å². The summed E-state index contributed by atoms with van der Waals surface area (Å²) in [6, 6.07) is 0.586. The molecule has 1 rings (SSSR count). The SMILES string of the molecule is CCOC(CCNC1CCOC(C)C1)OCC. The van der Waals surface area contributed by atoms with E-state index in [1.165, 1.54) is 0 Å². The van der Waals surface area contributed by atoms with Crippen LogP contribution in [0.5, 0.6) is 0 Å². The number of ether oxygens (including phenoxy) is 3. The third-order valence-corrected chi connectivity index (χ3v) is 3.00. The van der Waals surface area contributed by atoms with Crippen molar-refractivity contribution < 1.29 is 14.2 Å². The van der Waals surface area contributed by atoms with E-state index in [4.69, 9.17) is 14.2 Å². The number of rotatable bonds is 8. The largest absolute Gasteiger partial charge is 0.378 e. The van der Waals surface area contributed by atoms with Crippen molar-refractivity contribution in [1.29, 1.82) is 0 Å². The first kappa shape index (κ1) is 14.9. The lowest BCUT2D eigenvalue weighted by Gasteiger charge is -2.28. The van der Waals surface area contributed by atoms with Gasteiger partial charge in [-0.3, -0.25) is 0 Å². The Bertz CT molecular complexity index is 179. The maximum absolute atomic E-state index is 5.52. The van der Waals surface area contributed by atoms with Crippen molar-refractivity contribution in [3.05, 3.63) is 0 Å². The van der Waals surface area contributed by atoms with Gasteiger partial charge in [0.05, 0.1) is 6.10 Å². The Hall–Kier alpha value is -0.160. The van der Waals surface area contributed by atoms with Crippen molar-refractivity contribution in [2.24, 2.45) is 0 Å². The van der Waals surface area contributed by atoms with Crippen molar-refractivity contribution >= 4 is 0 Å². The lowest BCUT2D eigenvalue weighted by molar-refractivity contribution is -0.139. The number of hydrogen-bond donors (Lipinski definition) is 1. The fraction of sp³-hybridized carbons (Fsp3) is 1.00. The summed E-state index contributed by atoms with van der Waals surface area (Å²) in [7, 11) is 0. The molecule has 1 saturated heterocycles. The maximum atomic E-state index is 5.52. The molecule has 0 aromatic carbocycles. The van der Waals surface area contributed by atoms with Crippen LogP contribution in [0.25, 0.3) is 0 Å². The average Bonchev–Trinajstić information content (AvgIpc) is 2.30. The minimum atomic E-state index is -0.0604. The highest BCUT2D eigenvalue weighted by Gasteiger charge is 2.19. The quantitative estimate of drug-likeness (QED) is 0.663. The predicted octanol–water partition coefficient (Wildman–Crippen LogP) is 1.93. The second kappa shape index (κ2) is 8.86. The number of hydrogen-bond acceptors (Lipinski definition) is 4. The first-order valence-corrected chi connectivity index (χ1v) is 6.84. The summed E-state index contributed by atoms with van der Waals surface area (Å²) in [6.07, 6.45) is 3.45. The Labute approximate surface area is 105 Å². The zero-order valence-electron chi connectivity index (χ0n) is 11.4. The van der Waals surface area contributed by atoms with Crippen LogP contribution in [-0.4, -0.2) is 44.8 Å². The highest BCUT2D eigenvalue weighted by molar-refractivity contribution is 4.74. The Morgan fingerprint density at radius 2 is 2.00 bits per heavy atom. The van der Waals surface area contributed by atoms with Gasteiger partial charge in [0.1, 0.15) is 0 Å². The molecule has 0 radical (unpaired) electrons. The van der Waals surface area contributed by atoms with Crippen LogP contribution in [0.1, 0.15) is 40.0 Å².